The van der Waals surface area contributed by atoms with Gasteiger partial charge >= 0.3 is 6.09 Å². The van der Waals surface area contributed by atoms with Gasteiger partial charge in [-0.3, -0.25) is 4.99 Å². The summed E-state index contributed by atoms with van der Waals surface area (Å²) in [6.45, 7) is 19.8. The number of carbonyl (C=O) groups is 1. The first-order valence-corrected chi connectivity index (χ1v) is 16.0. The monoisotopic (exact) mass is 490 g/mol. The molecule has 9 nitrogen and oxygen atoms in total. The lowest BCUT2D eigenvalue weighted by Crippen LogP contribution is -2.52. The van der Waals surface area contributed by atoms with Crippen molar-refractivity contribution in [1.29, 1.82) is 0 Å². The third-order valence-electron chi connectivity index (χ3n) is 5.88. The maximum atomic E-state index is 12.5. The number of nitrogens with zero attached hydrogens (tertiary/aromatic N) is 5. The number of amides is 1. The van der Waals surface area contributed by atoms with Gasteiger partial charge in [-0.1, -0.05) is 26.2 Å². The minimum Gasteiger partial charge on any atom is -0.444 e. The molecular formula is C24H42N6O3Si. The Kier molecular flexibility index (Phi) is 8.46. The summed E-state index contributed by atoms with van der Waals surface area (Å²) in [5.74, 6) is 1.56. The van der Waals surface area contributed by atoms with Gasteiger partial charge in [0, 0.05) is 46.2 Å². The number of hydrogen-bond donors (Lipinski definition) is 1. The van der Waals surface area contributed by atoms with E-state index in [0.29, 0.717) is 26.4 Å². The number of imidazole rings is 1. The number of aliphatic imine (C=N–C) groups is 1. The standard InChI is InChI=1S/C24H42N6O3Si/c1-8-28(18-32-14-15-34(5,6)7)20-16-26-21(22-25-11-13-30(20)22)27-19-10-9-12-29(17-19)23(31)33-24(2,3)4/h8,11,13,19-20H,1,9-10,12,14-18H2,2-7H3,(H,26,27)/t19-,20?/m0/s1. The minimum atomic E-state index is -1.13. The fraction of sp³-hybridized carbons (Fsp3) is 0.708. The van der Waals surface area contributed by atoms with Gasteiger partial charge in [0.2, 0.25) is 0 Å². The number of rotatable bonds is 8. The molecule has 1 N–H and O–H groups in total. The molecule has 0 aromatic carbocycles. The molecule has 0 bridgehead atoms. The molecule has 0 radical (unpaired) electrons. The second-order valence-corrected chi connectivity index (χ2v) is 16.9. The Hall–Kier alpha value is -2.33. The summed E-state index contributed by atoms with van der Waals surface area (Å²) in [6.07, 6.45) is 7.18. The summed E-state index contributed by atoms with van der Waals surface area (Å²) in [7, 11) is -1.13. The quantitative estimate of drug-likeness (QED) is 0.338. The van der Waals surface area contributed by atoms with Crippen molar-refractivity contribution in [2.45, 2.75) is 77.1 Å². The van der Waals surface area contributed by atoms with E-state index < -0.39 is 13.7 Å². The van der Waals surface area contributed by atoms with E-state index in [0.717, 1.165) is 37.2 Å². The van der Waals surface area contributed by atoms with Gasteiger partial charge in [0.15, 0.2) is 11.7 Å². The molecule has 2 aliphatic heterocycles. The van der Waals surface area contributed by atoms with Gasteiger partial charge in [-0.15, -0.1) is 0 Å². The first-order valence-electron chi connectivity index (χ1n) is 12.2. The smallest absolute Gasteiger partial charge is 0.410 e. The van der Waals surface area contributed by atoms with E-state index in [1.165, 1.54) is 0 Å². The molecule has 1 saturated heterocycles. The number of amidine groups is 1. The fourth-order valence-corrected chi connectivity index (χ4v) is 4.79. The Balaban J connectivity index is 1.61. The van der Waals surface area contributed by atoms with Gasteiger partial charge in [-0.2, -0.15) is 0 Å². The summed E-state index contributed by atoms with van der Waals surface area (Å²) >= 11 is 0. The molecule has 1 amide bonds. The predicted octanol–water partition coefficient (Wildman–Crippen LogP) is 3.89. The maximum absolute atomic E-state index is 12.5. The molecule has 0 aliphatic carbocycles. The number of nitrogens with one attached hydrogen (secondary N) is 1. The van der Waals surface area contributed by atoms with Crippen LogP contribution in [0.25, 0.3) is 0 Å². The number of ether oxygens (including phenoxy) is 2. The molecule has 10 heteroatoms. The lowest BCUT2D eigenvalue weighted by molar-refractivity contribution is 0.0193. The van der Waals surface area contributed by atoms with Crippen LogP contribution in [0.4, 0.5) is 4.79 Å². The van der Waals surface area contributed by atoms with Crippen molar-refractivity contribution >= 4 is 20.0 Å². The Morgan fingerprint density at radius 2 is 2.15 bits per heavy atom. The Labute approximate surface area is 205 Å². The van der Waals surface area contributed by atoms with Gasteiger partial charge in [0.25, 0.3) is 0 Å². The predicted molar refractivity (Wildman–Crippen MR) is 138 cm³/mol. The SMILES string of the molecule is C=CN(COCC[Si](C)(C)C)C1CN=C(N[C@H]2CCCN(C(=O)OC(C)(C)C)C2)c2nccn21. The molecular weight excluding hydrogens is 448 g/mol. The highest BCUT2D eigenvalue weighted by Gasteiger charge is 2.31. The van der Waals surface area contributed by atoms with E-state index >= 15 is 0 Å². The van der Waals surface area contributed by atoms with Crippen LogP contribution in [0.15, 0.2) is 30.2 Å². The average Bonchev–Trinajstić information content (AvgIpc) is 3.23. The van der Waals surface area contributed by atoms with Crippen molar-refractivity contribution in [1.82, 2.24) is 24.7 Å². The Bertz CT molecular complexity index is 873. The Morgan fingerprint density at radius 3 is 2.82 bits per heavy atom. The summed E-state index contributed by atoms with van der Waals surface area (Å²) in [4.78, 5) is 25.8. The molecule has 1 aromatic rings. The van der Waals surface area contributed by atoms with Gasteiger partial charge in [-0.05, 0) is 45.9 Å². The second kappa shape index (κ2) is 10.9. The highest BCUT2D eigenvalue weighted by molar-refractivity contribution is 6.76. The van der Waals surface area contributed by atoms with Gasteiger partial charge in [-0.25, -0.2) is 9.78 Å². The molecule has 1 aromatic heterocycles. The van der Waals surface area contributed by atoms with Crippen molar-refractivity contribution < 1.29 is 14.3 Å². The minimum absolute atomic E-state index is 0.0305. The second-order valence-electron chi connectivity index (χ2n) is 11.3. The zero-order chi connectivity index (χ0) is 24.9. The van der Waals surface area contributed by atoms with Crippen LogP contribution in [0.2, 0.25) is 25.7 Å². The number of likely N-dealkylation sites (tertiary alicyclic amines) is 1. The molecule has 2 aliphatic rings. The number of piperidine rings is 1. The maximum Gasteiger partial charge on any atom is 0.410 e. The van der Waals surface area contributed by atoms with Crippen LogP contribution in [0.1, 0.15) is 45.6 Å². The summed E-state index contributed by atoms with van der Waals surface area (Å²) in [5.41, 5.74) is -0.500. The summed E-state index contributed by atoms with van der Waals surface area (Å²) in [6, 6.07) is 1.23. The van der Waals surface area contributed by atoms with Crippen LogP contribution >= 0.6 is 0 Å². The van der Waals surface area contributed by atoms with Crippen LogP contribution in [0, 0.1) is 0 Å². The third-order valence-corrected chi connectivity index (χ3v) is 7.59. The van der Waals surface area contributed by atoms with Crippen molar-refractivity contribution in [3.8, 4) is 0 Å². The van der Waals surface area contributed by atoms with Crippen molar-refractivity contribution in [3.63, 3.8) is 0 Å². The summed E-state index contributed by atoms with van der Waals surface area (Å²) in [5, 5.41) is 3.54. The highest BCUT2D eigenvalue weighted by Crippen LogP contribution is 2.22. The fourth-order valence-electron chi connectivity index (χ4n) is 4.03. The number of carbonyl (C=O) groups excluding carboxylic acids is 1. The third kappa shape index (κ3) is 7.33. The molecule has 34 heavy (non-hydrogen) atoms. The highest BCUT2D eigenvalue weighted by atomic mass is 28.3. The molecule has 0 spiro atoms. The Morgan fingerprint density at radius 1 is 1.38 bits per heavy atom. The first kappa shape index (κ1) is 26.3. The molecule has 1 unspecified atom stereocenters. The van der Waals surface area contributed by atoms with E-state index in [1.54, 1.807) is 11.1 Å². The lowest BCUT2D eigenvalue weighted by atomic mass is 10.1. The normalized spacial score (nSPS) is 20.9. The lowest BCUT2D eigenvalue weighted by Gasteiger charge is -2.37. The molecule has 190 valence electrons. The van der Waals surface area contributed by atoms with E-state index in [2.05, 4.69) is 46.0 Å². The zero-order valence-electron chi connectivity index (χ0n) is 21.7. The van der Waals surface area contributed by atoms with E-state index in [4.69, 9.17) is 14.5 Å². The molecule has 1 fully saturated rings. The van der Waals surface area contributed by atoms with Gasteiger partial charge < -0.3 is 29.2 Å². The number of aromatic nitrogens is 2. The molecule has 3 rings (SSSR count). The van der Waals surface area contributed by atoms with Crippen molar-refractivity contribution in [2.75, 3.05) is 33.0 Å². The van der Waals surface area contributed by atoms with Gasteiger partial charge in [0.05, 0.1) is 6.54 Å². The van der Waals surface area contributed by atoms with Crippen LogP contribution in [0.5, 0.6) is 0 Å². The van der Waals surface area contributed by atoms with E-state index in [-0.39, 0.29) is 18.3 Å². The number of hydrogen-bond acceptors (Lipinski definition) is 7. The molecule has 0 saturated carbocycles. The van der Waals surface area contributed by atoms with E-state index in [9.17, 15) is 4.79 Å². The molecule has 2 atom stereocenters. The van der Waals surface area contributed by atoms with Gasteiger partial charge in [0.1, 0.15) is 18.5 Å². The molecule has 3 heterocycles. The van der Waals surface area contributed by atoms with Crippen LogP contribution in [-0.2, 0) is 9.47 Å². The average molecular weight is 491 g/mol. The topological polar surface area (TPSA) is 84.2 Å². The largest absolute Gasteiger partial charge is 0.444 e. The van der Waals surface area contributed by atoms with Crippen molar-refractivity contribution in [2.24, 2.45) is 4.99 Å². The van der Waals surface area contributed by atoms with Crippen LogP contribution < -0.4 is 5.32 Å². The number of fused-ring (bicyclic) bond motifs is 1. The summed E-state index contributed by atoms with van der Waals surface area (Å²) < 4.78 is 13.6. The van der Waals surface area contributed by atoms with E-state index in [1.807, 2.05) is 33.2 Å². The van der Waals surface area contributed by atoms with Crippen LogP contribution in [0.3, 0.4) is 0 Å². The van der Waals surface area contributed by atoms with Crippen LogP contribution in [-0.4, -0.2) is 84.0 Å². The van der Waals surface area contributed by atoms with Crippen molar-refractivity contribution in [3.05, 3.63) is 31.0 Å². The first-order chi connectivity index (χ1) is 16.0. The zero-order valence-corrected chi connectivity index (χ0v) is 22.7.